The van der Waals surface area contributed by atoms with Crippen molar-refractivity contribution < 1.29 is 18.9 Å². The molecule has 0 radical (unpaired) electrons. The van der Waals surface area contributed by atoms with Crippen molar-refractivity contribution in [3.05, 3.63) is 71.0 Å². The van der Waals surface area contributed by atoms with Gasteiger partial charge in [0.15, 0.2) is 17.5 Å². The van der Waals surface area contributed by atoms with Crippen molar-refractivity contribution in [3.63, 3.8) is 0 Å². The Hall–Kier alpha value is -3.95. The van der Waals surface area contributed by atoms with Crippen LogP contribution in [-0.2, 0) is 0 Å². The molecule has 0 saturated carbocycles. The Labute approximate surface area is 162 Å². The second-order valence-electron chi connectivity index (χ2n) is 6.37. The molecule has 10 heteroatoms. The summed E-state index contributed by atoms with van der Waals surface area (Å²) in [5, 5.41) is 12.5. The largest absolute Gasteiger partial charge is 0.361 e. The number of benzene rings is 1. The average molecular weight is 397 g/mol. The van der Waals surface area contributed by atoms with Crippen LogP contribution >= 0.6 is 0 Å². The van der Waals surface area contributed by atoms with Crippen LogP contribution in [0.5, 0.6) is 0 Å². The maximum atomic E-state index is 14.3. The Morgan fingerprint density at radius 3 is 2.66 bits per heavy atom. The van der Waals surface area contributed by atoms with Gasteiger partial charge in [-0.05, 0) is 24.6 Å². The zero-order chi connectivity index (χ0) is 20.5. The zero-order valence-corrected chi connectivity index (χ0v) is 15.1. The number of nitrogens with one attached hydrogen (secondary N) is 2. The molecule has 3 aromatic heterocycles. The third-order valence-corrected chi connectivity index (χ3v) is 4.45. The standard InChI is InChI=1S/C19H15F2N6O2/c1-10(11-2-4-12(20)5-3-11)25-19-16(21)9-24-18(26-19)15-8-23-17-14(15)6-13(7-22-17)27(28)29/h2-10H,1H3,(H,22,23)(H,28,29)(H,24,25,26)/q+1/t10-/m0/s1. The van der Waals surface area contributed by atoms with Crippen molar-refractivity contribution in [2.45, 2.75) is 13.0 Å². The minimum atomic E-state index is -0.651. The van der Waals surface area contributed by atoms with Crippen LogP contribution in [0.15, 0.2) is 48.9 Å². The average Bonchev–Trinajstić information content (AvgIpc) is 3.13. The number of aromatic nitrogens is 4. The molecule has 3 heterocycles. The zero-order valence-electron chi connectivity index (χ0n) is 15.1. The fourth-order valence-electron chi connectivity index (χ4n) is 2.92. The molecule has 0 aliphatic rings. The fourth-order valence-corrected chi connectivity index (χ4v) is 2.92. The highest BCUT2D eigenvalue weighted by atomic mass is 19.1. The maximum Gasteiger partial charge on any atom is 0.335 e. The van der Waals surface area contributed by atoms with E-state index in [1.54, 1.807) is 25.3 Å². The van der Waals surface area contributed by atoms with E-state index in [-0.39, 0.29) is 34.1 Å². The minimum Gasteiger partial charge on any atom is -0.361 e. The molecule has 0 bridgehead atoms. The van der Waals surface area contributed by atoms with Crippen LogP contribution in [0.4, 0.5) is 20.3 Å². The third-order valence-electron chi connectivity index (χ3n) is 4.45. The van der Waals surface area contributed by atoms with Crippen LogP contribution in [0.25, 0.3) is 22.4 Å². The summed E-state index contributed by atoms with van der Waals surface area (Å²) in [6.45, 7) is 1.79. The molecule has 0 spiro atoms. The molecule has 0 saturated heterocycles. The number of anilines is 1. The van der Waals surface area contributed by atoms with Gasteiger partial charge in [0.05, 0.1) is 17.1 Å². The van der Waals surface area contributed by atoms with E-state index in [4.69, 9.17) is 5.21 Å². The van der Waals surface area contributed by atoms with Gasteiger partial charge in [0.1, 0.15) is 17.7 Å². The molecule has 1 aromatic carbocycles. The summed E-state index contributed by atoms with van der Waals surface area (Å²) < 4.78 is 27.4. The molecule has 0 aliphatic carbocycles. The Bertz CT molecular complexity index is 1210. The van der Waals surface area contributed by atoms with Crippen molar-refractivity contribution in [1.29, 1.82) is 0 Å². The van der Waals surface area contributed by atoms with Gasteiger partial charge in [-0.2, -0.15) is 0 Å². The van der Waals surface area contributed by atoms with Crippen LogP contribution in [-0.4, -0.2) is 30.1 Å². The van der Waals surface area contributed by atoms with Crippen molar-refractivity contribution in [3.8, 4) is 11.4 Å². The molecular weight excluding hydrogens is 382 g/mol. The van der Waals surface area contributed by atoms with Crippen molar-refractivity contribution >= 4 is 22.5 Å². The molecule has 3 N–H and O–H groups in total. The fraction of sp³-hybridized carbons (Fsp3) is 0.105. The minimum absolute atomic E-state index is 0.0297. The highest BCUT2D eigenvalue weighted by Gasteiger charge is 2.19. The lowest BCUT2D eigenvalue weighted by molar-refractivity contribution is -0.729. The second kappa shape index (κ2) is 7.23. The van der Waals surface area contributed by atoms with Crippen LogP contribution in [0.1, 0.15) is 18.5 Å². The normalized spacial score (nSPS) is 12.1. The summed E-state index contributed by atoms with van der Waals surface area (Å²) in [6, 6.07) is 6.93. The number of hydrogen-bond acceptors (Lipinski definition) is 5. The summed E-state index contributed by atoms with van der Waals surface area (Å²) in [6.07, 6.45) is 3.82. The lowest BCUT2D eigenvalue weighted by Gasteiger charge is -2.15. The van der Waals surface area contributed by atoms with Crippen molar-refractivity contribution in [1.82, 2.24) is 19.9 Å². The molecular formula is C19H15F2N6O2+. The van der Waals surface area contributed by atoms with E-state index >= 15 is 0 Å². The van der Waals surface area contributed by atoms with E-state index in [9.17, 15) is 13.7 Å². The molecule has 0 amide bonds. The Morgan fingerprint density at radius 2 is 1.93 bits per heavy atom. The van der Waals surface area contributed by atoms with Crippen LogP contribution < -0.4 is 5.32 Å². The van der Waals surface area contributed by atoms with E-state index in [1.807, 2.05) is 0 Å². The van der Waals surface area contributed by atoms with Crippen LogP contribution in [0.2, 0.25) is 0 Å². The van der Waals surface area contributed by atoms with Gasteiger partial charge >= 0.3 is 5.69 Å². The van der Waals surface area contributed by atoms with E-state index in [1.165, 1.54) is 24.4 Å². The van der Waals surface area contributed by atoms with E-state index < -0.39 is 5.82 Å². The summed E-state index contributed by atoms with van der Waals surface area (Å²) in [4.78, 5) is 26.1. The third kappa shape index (κ3) is 3.59. The summed E-state index contributed by atoms with van der Waals surface area (Å²) in [7, 11) is 0. The van der Waals surface area contributed by atoms with Gasteiger partial charge in [-0.15, -0.1) is 0 Å². The first-order valence-electron chi connectivity index (χ1n) is 8.60. The molecule has 0 aliphatic heterocycles. The van der Waals surface area contributed by atoms with E-state index in [0.717, 1.165) is 11.8 Å². The number of halogens is 2. The number of nitrogens with zero attached hydrogens (tertiary/aromatic N) is 4. The van der Waals surface area contributed by atoms with Gasteiger partial charge < -0.3 is 10.3 Å². The van der Waals surface area contributed by atoms with Crippen molar-refractivity contribution in [2.24, 2.45) is 0 Å². The lowest BCUT2D eigenvalue weighted by atomic mass is 10.1. The first kappa shape index (κ1) is 18.4. The molecule has 8 nitrogen and oxygen atoms in total. The summed E-state index contributed by atoms with van der Waals surface area (Å²) >= 11 is 0. The van der Waals surface area contributed by atoms with Crippen LogP contribution in [0, 0.1) is 16.5 Å². The SMILES string of the molecule is C[C@H](Nc1nc(-c2c[nH]c3ncc([N+](=O)O)cc23)ncc1F)c1ccc(F)cc1. The van der Waals surface area contributed by atoms with E-state index in [0.29, 0.717) is 16.6 Å². The summed E-state index contributed by atoms with van der Waals surface area (Å²) in [5.41, 5.74) is 1.62. The smallest absolute Gasteiger partial charge is 0.335 e. The topological polar surface area (TPSA) is 107 Å². The number of fused-ring (bicyclic) bond motifs is 1. The monoisotopic (exact) mass is 397 g/mol. The highest BCUT2D eigenvalue weighted by molar-refractivity contribution is 5.92. The van der Waals surface area contributed by atoms with Crippen LogP contribution in [0.3, 0.4) is 0 Å². The highest BCUT2D eigenvalue weighted by Crippen LogP contribution is 2.29. The number of H-pyrrole nitrogens is 1. The number of hydrogen-bond donors (Lipinski definition) is 3. The van der Waals surface area contributed by atoms with Gasteiger partial charge in [-0.1, -0.05) is 12.1 Å². The molecule has 4 aromatic rings. The molecule has 0 fully saturated rings. The Morgan fingerprint density at radius 1 is 1.17 bits per heavy atom. The molecule has 4 rings (SSSR count). The van der Waals surface area contributed by atoms with E-state index in [2.05, 4.69) is 25.3 Å². The Balaban J connectivity index is 1.70. The quantitative estimate of drug-likeness (QED) is 0.434. The number of pyridine rings is 1. The predicted molar refractivity (Wildman–Crippen MR) is 101 cm³/mol. The predicted octanol–water partition coefficient (Wildman–Crippen LogP) is 4.27. The summed E-state index contributed by atoms with van der Waals surface area (Å²) in [5.74, 6) is -0.843. The molecule has 29 heavy (non-hydrogen) atoms. The maximum absolute atomic E-state index is 14.3. The number of aromatic amines is 1. The molecule has 146 valence electrons. The van der Waals surface area contributed by atoms with Gasteiger partial charge in [0.2, 0.25) is 0 Å². The number of rotatable bonds is 5. The molecule has 0 unspecified atom stereocenters. The first-order chi connectivity index (χ1) is 13.9. The lowest BCUT2D eigenvalue weighted by Crippen LogP contribution is -2.10. The second-order valence-corrected chi connectivity index (χ2v) is 6.37. The first-order valence-corrected chi connectivity index (χ1v) is 8.60. The van der Waals surface area contributed by atoms with Crippen molar-refractivity contribution in [2.75, 3.05) is 5.32 Å². The molecule has 1 atom stereocenters. The van der Waals surface area contributed by atoms with Gasteiger partial charge in [-0.25, -0.2) is 28.9 Å². The van der Waals surface area contributed by atoms with Gasteiger partial charge in [-0.3, -0.25) is 0 Å². The van der Waals surface area contributed by atoms with Gasteiger partial charge in [0, 0.05) is 23.2 Å². The Kier molecular flexibility index (Phi) is 4.59. The van der Waals surface area contributed by atoms with Gasteiger partial charge in [0.25, 0.3) is 4.92 Å².